The van der Waals surface area contributed by atoms with Gasteiger partial charge in [0.2, 0.25) is 0 Å². The van der Waals surface area contributed by atoms with Gasteiger partial charge in [0.25, 0.3) is 0 Å². The van der Waals surface area contributed by atoms with Gasteiger partial charge in [-0.25, -0.2) is 9.97 Å². The zero-order valence-electron chi connectivity index (χ0n) is 11.0. The number of anilines is 2. The number of nitrogens with one attached hydrogen (secondary N) is 1. The highest BCUT2D eigenvalue weighted by atomic mass is 15.3. The van der Waals surface area contributed by atoms with Crippen molar-refractivity contribution in [1.29, 1.82) is 0 Å². The predicted molar refractivity (Wildman–Crippen MR) is 75.4 cm³/mol. The largest absolute Gasteiger partial charge is 0.337 e. The maximum atomic E-state index is 4.42. The van der Waals surface area contributed by atoms with Gasteiger partial charge in [-0.3, -0.25) is 4.68 Å². The summed E-state index contributed by atoms with van der Waals surface area (Å²) < 4.78 is 1.81. The first-order chi connectivity index (χ1) is 9.28. The summed E-state index contributed by atoms with van der Waals surface area (Å²) in [5.74, 6) is 0.813. The molecular weight excluding hydrogens is 238 g/mol. The molecule has 0 spiro atoms. The van der Waals surface area contributed by atoms with Crippen molar-refractivity contribution in [1.82, 2.24) is 19.7 Å². The molecule has 3 aromatic rings. The van der Waals surface area contributed by atoms with Gasteiger partial charge in [0, 0.05) is 18.6 Å². The number of hydrogen-bond donors (Lipinski definition) is 1. The standard InChI is InChI=1S/C14H15N5/c1-3-11-13(8-19(2)18-11)17-14-10-6-4-5-7-12(10)15-9-16-14/h4-9H,3H2,1-2H3,(H,15,16,17). The Morgan fingerprint density at radius 1 is 1.21 bits per heavy atom. The van der Waals surface area contributed by atoms with Crippen LogP contribution < -0.4 is 5.32 Å². The highest BCUT2D eigenvalue weighted by Crippen LogP contribution is 2.24. The first-order valence-corrected chi connectivity index (χ1v) is 6.27. The number of aromatic nitrogens is 4. The number of hydrogen-bond acceptors (Lipinski definition) is 4. The molecule has 1 N–H and O–H groups in total. The van der Waals surface area contributed by atoms with Crippen LogP contribution in [0.1, 0.15) is 12.6 Å². The maximum absolute atomic E-state index is 4.42. The second kappa shape index (κ2) is 4.68. The van der Waals surface area contributed by atoms with E-state index in [4.69, 9.17) is 0 Å². The molecule has 1 aromatic carbocycles. The smallest absolute Gasteiger partial charge is 0.141 e. The van der Waals surface area contributed by atoms with E-state index in [1.54, 1.807) is 6.33 Å². The lowest BCUT2D eigenvalue weighted by atomic mass is 10.2. The Kier molecular flexibility index (Phi) is 2.87. The Hall–Kier alpha value is -2.43. The number of nitrogens with zero attached hydrogens (tertiary/aromatic N) is 4. The molecule has 0 aliphatic carbocycles. The van der Waals surface area contributed by atoms with Crippen LogP contribution >= 0.6 is 0 Å². The van der Waals surface area contributed by atoms with Crippen LogP contribution in [0.5, 0.6) is 0 Å². The molecule has 3 rings (SSSR count). The van der Waals surface area contributed by atoms with E-state index in [2.05, 4.69) is 27.3 Å². The molecule has 0 radical (unpaired) electrons. The summed E-state index contributed by atoms with van der Waals surface area (Å²) in [5, 5.41) is 8.78. The molecule has 0 fully saturated rings. The summed E-state index contributed by atoms with van der Waals surface area (Å²) in [6, 6.07) is 7.95. The van der Waals surface area contributed by atoms with Gasteiger partial charge < -0.3 is 5.32 Å². The van der Waals surface area contributed by atoms with E-state index in [0.717, 1.165) is 34.5 Å². The molecule has 0 bridgehead atoms. The first-order valence-electron chi connectivity index (χ1n) is 6.27. The van der Waals surface area contributed by atoms with Crippen LogP contribution in [-0.2, 0) is 13.5 Å². The summed E-state index contributed by atoms with van der Waals surface area (Å²) in [4.78, 5) is 8.59. The summed E-state index contributed by atoms with van der Waals surface area (Å²) >= 11 is 0. The second-order valence-corrected chi connectivity index (χ2v) is 4.38. The summed E-state index contributed by atoms with van der Waals surface area (Å²) in [5.41, 5.74) is 2.96. The molecule has 0 amide bonds. The van der Waals surface area contributed by atoms with Gasteiger partial charge in [-0.15, -0.1) is 0 Å². The van der Waals surface area contributed by atoms with E-state index >= 15 is 0 Å². The zero-order valence-corrected chi connectivity index (χ0v) is 11.0. The molecule has 0 saturated carbocycles. The Morgan fingerprint density at radius 3 is 2.89 bits per heavy atom. The Bertz CT molecular complexity index is 711. The van der Waals surface area contributed by atoms with Gasteiger partial charge in [-0.1, -0.05) is 19.1 Å². The normalized spacial score (nSPS) is 10.8. The lowest BCUT2D eigenvalue weighted by molar-refractivity contribution is 0.746. The number of benzene rings is 1. The molecule has 0 unspecified atom stereocenters. The quantitative estimate of drug-likeness (QED) is 0.779. The number of para-hydroxylation sites is 1. The minimum Gasteiger partial charge on any atom is -0.337 e. The summed E-state index contributed by atoms with van der Waals surface area (Å²) in [6.45, 7) is 2.09. The number of aryl methyl sites for hydroxylation is 2. The zero-order chi connectivity index (χ0) is 13.2. The van der Waals surface area contributed by atoms with Gasteiger partial charge in [-0.2, -0.15) is 5.10 Å². The average molecular weight is 253 g/mol. The van der Waals surface area contributed by atoms with Crippen molar-refractivity contribution in [2.45, 2.75) is 13.3 Å². The van der Waals surface area contributed by atoms with Gasteiger partial charge in [0.05, 0.1) is 16.9 Å². The molecular formula is C14H15N5. The lowest BCUT2D eigenvalue weighted by Crippen LogP contribution is -1.97. The fourth-order valence-electron chi connectivity index (χ4n) is 2.13. The monoisotopic (exact) mass is 253 g/mol. The highest BCUT2D eigenvalue weighted by Gasteiger charge is 2.09. The average Bonchev–Trinajstić information content (AvgIpc) is 2.79. The summed E-state index contributed by atoms with van der Waals surface area (Å²) in [6.07, 6.45) is 4.43. The Labute approximate surface area is 111 Å². The van der Waals surface area contributed by atoms with Crippen molar-refractivity contribution in [2.24, 2.45) is 7.05 Å². The van der Waals surface area contributed by atoms with Crippen molar-refractivity contribution in [2.75, 3.05) is 5.32 Å². The predicted octanol–water partition coefficient (Wildman–Crippen LogP) is 2.67. The van der Waals surface area contributed by atoms with Crippen LogP contribution in [0.4, 0.5) is 11.5 Å². The van der Waals surface area contributed by atoms with Crippen molar-refractivity contribution in [3.8, 4) is 0 Å². The van der Waals surface area contributed by atoms with Crippen molar-refractivity contribution < 1.29 is 0 Å². The van der Waals surface area contributed by atoms with Gasteiger partial charge in [0.1, 0.15) is 12.1 Å². The second-order valence-electron chi connectivity index (χ2n) is 4.38. The van der Waals surface area contributed by atoms with E-state index in [9.17, 15) is 0 Å². The molecule has 5 nitrogen and oxygen atoms in total. The third-order valence-electron chi connectivity index (χ3n) is 3.04. The molecule has 0 saturated heterocycles. The van der Waals surface area contributed by atoms with E-state index < -0.39 is 0 Å². The van der Waals surface area contributed by atoms with Gasteiger partial charge in [0.15, 0.2) is 0 Å². The third kappa shape index (κ3) is 2.14. The van der Waals surface area contributed by atoms with E-state index in [1.165, 1.54) is 0 Å². The third-order valence-corrected chi connectivity index (χ3v) is 3.04. The molecule has 5 heteroatoms. The van der Waals surface area contributed by atoms with Crippen LogP contribution in [0.25, 0.3) is 10.9 Å². The number of fused-ring (bicyclic) bond motifs is 1. The van der Waals surface area contributed by atoms with Crippen molar-refractivity contribution in [3.63, 3.8) is 0 Å². The molecule has 0 atom stereocenters. The van der Waals surface area contributed by atoms with Crippen LogP contribution in [0, 0.1) is 0 Å². The lowest BCUT2D eigenvalue weighted by Gasteiger charge is -2.07. The SMILES string of the molecule is CCc1nn(C)cc1Nc1ncnc2ccccc12. The van der Waals surface area contributed by atoms with Crippen LogP contribution in [-0.4, -0.2) is 19.7 Å². The molecule has 2 aromatic heterocycles. The fraction of sp³-hybridized carbons (Fsp3) is 0.214. The van der Waals surface area contributed by atoms with Crippen LogP contribution in [0.2, 0.25) is 0 Å². The first kappa shape index (κ1) is 11.6. The van der Waals surface area contributed by atoms with Gasteiger partial charge >= 0.3 is 0 Å². The van der Waals surface area contributed by atoms with E-state index in [1.807, 2.05) is 42.2 Å². The van der Waals surface area contributed by atoms with Gasteiger partial charge in [-0.05, 0) is 18.6 Å². The van der Waals surface area contributed by atoms with E-state index in [-0.39, 0.29) is 0 Å². The summed E-state index contributed by atoms with van der Waals surface area (Å²) in [7, 11) is 1.92. The Morgan fingerprint density at radius 2 is 2.05 bits per heavy atom. The van der Waals surface area contributed by atoms with Crippen LogP contribution in [0.15, 0.2) is 36.8 Å². The molecule has 0 aliphatic heterocycles. The van der Waals surface area contributed by atoms with Crippen LogP contribution in [0.3, 0.4) is 0 Å². The fourth-order valence-corrected chi connectivity index (χ4v) is 2.13. The molecule has 0 aliphatic rings. The Balaban J connectivity index is 2.05. The van der Waals surface area contributed by atoms with Crippen molar-refractivity contribution in [3.05, 3.63) is 42.5 Å². The maximum Gasteiger partial charge on any atom is 0.141 e. The molecule has 19 heavy (non-hydrogen) atoms. The van der Waals surface area contributed by atoms with E-state index in [0.29, 0.717) is 0 Å². The topological polar surface area (TPSA) is 55.6 Å². The van der Waals surface area contributed by atoms with Crippen molar-refractivity contribution >= 4 is 22.4 Å². The minimum atomic E-state index is 0.813. The molecule has 2 heterocycles. The minimum absolute atomic E-state index is 0.813. The highest BCUT2D eigenvalue weighted by molar-refractivity contribution is 5.90. The number of rotatable bonds is 3. The molecule has 96 valence electrons.